The molecule has 1 atom stereocenters. The van der Waals surface area contributed by atoms with Crippen molar-refractivity contribution in [2.75, 3.05) is 0 Å². The summed E-state index contributed by atoms with van der Waals surface area (Å²) in [6.45, 7) is 9.43. The van der Waals surface area contributed by atoms with Crippen molar-refractivity contribution in [1.29, 1.82) is 0 Å². The summed E-state index contributed by atoms with van der Waals surface area (Å²) in [5.74, 6) is -1.70. The molecular weight excluding hydrogens is 302 g/mol. The topological polar surface area (TPSA) is 74.6 Å². The average molecular weight is 334 g/mol. The zero-order valence-corrected chi connectivity index (χ0v) is 14.4. The summed E-state index contributed by atoms with van der Waals surface area (Å²) in [7, 11) is 0. The Bertz CT molecular complexity index is 278. The molecule has 4 nitrogen and oxygen atoms in total. The van der Waals surface area contributed by atoms with Gasteiger partial charge in [-0.2, -0.15) is 0 Å². The van der Waals surface area contributed by atoms with Gasteiger partial charge in [0.25, 0.3) is 0 Å². The van der Waals surface area contributed by atoms with Crippen molar-refractivity contribution in [2.24, 2.45) is 11.3 Å². The van der Waals surface area contributed by atoms with Crippen molar-refractivity contribution in [3.05, 3.63) is 0 Å². The molecule has 0 bridgehead atoms. The predicted molar refractivity (Wildman–Crippen MR) is 93.9 cm³/mol. The zero-order chi connectivity index (χ0) is 16.9. The summed E-state index contributed by atoms with van der Waals surface area (Å²) in [5.41, 5.74) is 0.513. The van der Waals surface area contributed by atoms with Gasteiger partial charge in [0.1, 0.15) is 6.42 Å². The number of rotatable bonds is 9. The summed E-state index contributed by atoms with van der Waals surface area (Å²) in [6.07, 6.45) is 7.74. The molecule has 6 heteroatoms. The molecule has 0 aromatic heterocycles. The van der Waals surface area contributed by atoms with Gasteiger partial charge in [-0.15, -0.1) is 0 Å². The van der Waals surface area contributed by atoms with Crippen LogP contribution in [0.15, 0.2) is 0 Å². The molecule has 0 rings (SSSR count). The summed E-state index contributed by atoms with van der Waals surface area (Å²) in [6, 6.07) is 0. The van der Waals surface area contributed by atoms with Crippen LogP contribution in [0.4, 0.5) is 0 Å². The van der Waals surface area contributed by atoms with E-state index in [1.165, 1.54) is 43.6 Å². The molecule has 22 heavy (non-hydrogen) atoms. The standard InChI is InChI=1S/C13H27.C3H4O4.K.Li.H/c1-6-7-8-9-10-11-12(2)13(3,4)5;4-2(5)1-3(6)7;;;/h12H,2,6-11H2,1,3-5H3;1H2,(H,4,5)(H,6,7);;;. The van der Waals surface area contributed by atoms with Crippen LogP contribution in [0.1, 0.15) is 72.6 Å². The van der Waals surface area contributed by atoms with Gasteiger partial charge in [0.2, 0.25) is 0 Å². The molecule has 2 N–H and O–H groups in total. The summed E-state index contributed by atoms with van der Waals surface area (Å²) in [4.78, 5) is 18.9. The Morgan fingerprint density at radius 3 is 1.73 bits per heavy atom. The predicted octanol–water partition coefficient (Wildman–Crippen LogP) is 3.49. The van der Waals surface area contributed by atoms with Crippen LogP contribution < -0.4 is 0 Å². The fourth-order valence-electron chi connectivity index (χ4n) is 2.37. The molecule has 0 saturated carbocycles. The van der Waals surface area contributed by atoms with E-state index in [4.69, 9.17) is 10.2 Å². The van der Waals surface area contributed by atoms with Crippen molar-refractivity contribution in [3.8, 4) is 0 Å². The Kier molecular flexibility index (Phi) is 21.6. The van der Waals surface area contributed by atoms with Gasteiger partial charge in [0, 0.05) is 0 Å². The van der Waals surface area contributed by atoms with E-state index in [1.54, 1.807) is 0 Å². The molecule has 122 valence electrons. The molecule has 0 aromatic carbocycles. The van der Waals surface area contributed by atoms with E-state index in [1.807, 2.05) is 0 Å². The number of aliphatic carboxylic acids is 2. The summed E-state index contributed by atoms with van der Waals surface area (Å²) >= 11 is 2.34. The Morgan fingerprint density at radius 2 is 1.45 bits per heavy atom. The normalized spacial score (nSPS) is 11.7. The molecule has 1 unspecified atom stereocenters. The van der Waals surface area contributed by atoms with Gasteiger partial charge in [0.05, 0.1) is 0 Å². The van der Waals surface area contributed by atoms with E-state index >= 15 is 0 Å². The van der Waals surface area contributed by atoms with Crippen LogP contribution in [0.25, 0.3) is 0 Å². The maximum absolute atomic E-state index is 9.43. The fraction of sp³-hybridized carbons (Fsp3) is 0.875. The second-order valence-corrected chi connectivity index (χ2v) is 6.64. The molecule has 0 saturated heterocycles. The van der Waals surface area contributed by atoms with E-state index in [-0.39, 0.29) is 51.4 Å². The number of carboxylic acids is 2. The van der Waals surface area contributed by atoms with Crippen LogP contribution in [-0.2, 0) is 9.59 Å². The third-order valence-corrected chi connectivity index (χ3v) is 3.68. The SMILES string of the molecule is O=C(O)CC(=O)O.[KH].[Li][CH2]C(CCCCCCC)C(C)(C)C. The summed E-state index contributed by atoms with van der Waals surface area (Å²) in [5, 5.41) is 16.8. The second kappa shape index (κ2) is 17.0. The number of hydrogen-bond acceptors (Lipinski definition) is 2. The van der Waals surface area contributed by atoms with Gasteiger partial charge in [-0.1, -0.05) is 0 Å². The van der Waals surface area contributed by atoms with Crippen LogP contribution in [0.2, 0.25) is 5.09 Å². The Labute approximate surface area is 187 Å². The van der Waals surface area contributed by atoms with Crippen LogP contribution in [0.3, 0.4) is 0 Å². The van der Waals surface area contributed by atoms with Gasteiger partial charge >= 0.3 is 164 Å². The van der Waals surface area contributed by atoms with Gasteiger partial charge in [0.15, 0.2) is 0 Å². The third kappa shape index (κ3) is 21.2. The van der Waals surface area contributed by atoms with Crippen LogP contribution in [-0.4, -0.2) is 91.3 Å². The molecule has 0 heterocycles. The van der Waals surface area contributed by atoms with Gasteiger partial charge in [-0.05, 0) is 0 Å². The van der Waals surface area contributed by atoms with Crippen molar-refractivity contribution >= 4 is 81.0 Å². The Morgan fingerprint density at radius 1 is 1.00 bits per heavy atom. The quantitative estimate of drug-likeness (QED) is 0.384. The first-order valence-electron chi connectivity index (χ1n) is 8.08. The van der Waals surface area contributed by atoms with Gasteiger partial charge in [-0.3, -0.25) is 9.59 Å². The third-order valence-electron chi connectivity index (χ3n) is 3.68. The minimum atomic E-state index is -1.31. The molecule has 0 aromatic rings. The fourth-order valence-corrected chi connectivity index (χ4v) is 2.37. The number of carboxylic acid groups (broad SMARTS) is 2. The van der Waals surface area contributed by atoms with Crippen LogP contribution >= 0.6 is 0 Å². The van der Waals surface area contributed by atoms with Gasteiger partial charge < -0.3 is 10.2 Å². The van der Waals surface area contributed by atoms with E-state index in [0.717, 1.165) is 5.92 Å². The van der Waals surface area contributed by atoms with E-state index in [9.17, 15) is 9.59 Å². The van der Waals surface area contributed by atoms with Crippen molar-refractivity contribution < 1.29 is 19.8 Å². The molecule has 0 radical (unpaired) electrons. The molecular formula is C16H32KLiO4. The van der Waals surface area contributed by atoms with E-state index in [2.05, 4.69) is 45.4 Å². The van der Waals surface area contributed by atoms with Crippen LogP contribution in [0, 0.1) is 11.3 Å². The van der Waals surface area contributed by atoms with Crippen molar-refractivity contribution in [2.45, 2.75) is 77.7 Å². The first kappa shape index (κ1) is 28.0. The zero-order valence-electron chi connectivity index (χ0n) is 14.4. The summed E-state index contributed by atoms with van der Waals surface area (Å²) < 4.78 is 0. The monoisotopic (exact) mass is 334 g/mol. The van der Waals surface area contributed by atoms with E-state index in [0.29, 0.717) is 5.41 Å². The molecule has 0 fully saturated rings. The average Bonchev–Trinajstić information content (AvgIpc) is 2.31. The Balaban J connectivity index is -0.000000385. The molecule has 0 aliphatic carbocycles. The molecule has 0 spiro atoms. The first-order valence-corrected chi connectivity index (χ1v) is 8.08. The molecule has 0 amide bonds. The van der Waals surface area contributed by atoms with Crippen molar-refractivity contribution in [1.82, 2.24) is 0 Å². The maximum atomic E-state index is 9.43. The number of hydrogen-bond donors (Lipinski definition) is 2. The van der Waals surface area contributed by atoms with Crippen LogP contribution in [0.5, 0.6) is 0 Å². The minimum absolute atomic E-state index is 0. The first-order chi connectivity index (χ1) is 9.65. The van der Waals surface area contributed by atoms with E-state index < -0.39 is 18.4 Å². The molecule has 0 aliphatic heterocycles. The second-order valence-electron chi connectivity index (χ2n) is 6.64. The van der Waals surface area contributed by atoms with Gasteiger partial charge in [-0.25, -0.2) is 0 Å². The number of unbranched alkanes of at least 4 members (excludes halogenated alkanes) is 4. The Hall–Kier alpha value is 1.17. The van der Waals surface area contributed by atoms with Crippen molar-refractivity contribution in [3.63, 3.8) is 0 Å². The molecule has 0 aliphatic rings. The number of carbonyl (C=O) groups is 2.